The van der Waals surface area contributed by atoms with Gasteiger partial charge in [-0.2, -0.15) is 4.31 Å². The number of piperazine rings is 1. The lowest BCUT2D eigenvalue weighted by Gasteiger charge is -2.31. The third-order valence-corrected chi connectivity index (χ3v) is 5.42. The van der Waals surface area contributed by atoms with Gasteiger partial charge >= 0.3 is 0 Å². The van der Waals surface area contributed by atoms with Crippen LogP contribution in [0.5, 0.6) is 0 Å². The van der Waals surface area contributed by atoms with Gasteiger partial charge in [-0.25, -0.2) is 8.42 Å². The molecule has 1 saturated heterocycles. The second-order valence-electron chi connectivity index (χ2n) is 4.29. The zero-order chi connectivity index (χ0) is 13.3. The van der Waals surface area contributed by atoms with Gasteiger partial charge in [0.2, 0.25) is 10.0 Å². The maximum Gasteiger partial charge on any atom is 0.244 e. The summed E-state index contributed by atoms with van der Waals surface area (Å²) in [7, 11) is -3.57. The van der Waals surface area contributed by atoms with Crippen molar-refractivity contribution in [3.8, 4) is 0 Å². The van der Waals surface area contributed by atoms with E-state index in [-0.39, 0.29) is 28.4 Å². The van der Waals surface area contributed by atoms with Crippen molar-refractivity contribution in [2.45, 2.75) is 17.9 Å². The van der Waals surface area contributed by atoms with Gasteiger partial charge in [0.1, 0.15) is 4.90 Å². The van der Waals surface area contributed by atoms with Gasteiger partial charge in [-0.05, 0) is 25.1 Å². The molecule has 1 N–H and O–H groups in total. The minimum Gasteiger partial charge on any atom is -0.312 e. The summed E-state index contributed by atoms with van der Waals surface area (Å²) in [6, 6.07) is 4.60. The summed E-state index contributed by atoms with van der Waals surface area (Å²) in [4.78, 5) is 0.0748. The predicted molar refractivity (Wildman–Crippen MR) is 79.9 cm³/mol. The molecule has 108 valence electrons. The molecule has 1 atom stereocenters. The fourth-order valence-electron chi connectivity index (χ4n) is 1.93. The van der Waals surface area contributed by atoms with Crippen molar-refractivity contribution in [2.75, 3.05) is 19.6 Å². The average molecular weight is 346 g/mol. The first kappa shape index (κ1) is 17.0. The smallest absolute Gasteiger partial charge is 0.244 e. The predicted octanol–water partition coefficient (Wildman–Crippen LogP) is 2.40. The Balaban J connectivity index is 0.00000180. The van der Waals surface area contributed by atoms with Crippen LogP contribution in [-0.4, -0.2) is 38.4 Å². The van der Waals surface area contributed by atoms with Crippen LogP contribution >= 0.6 is 35.6 Å². The van der Waals surface area contributed by atoms with Gasteiger partial charge in [0.05, 0.1) is 5.02 Å². The number of hydrogen-bond acceptors (Lipinski definition) is 3. The van der Waals surface area contributed by atoms with E-state index in [1.807, 2.05) is 6.92 Å². The van der Waals surface area contributed by atoms with E-state index in [9.17, 15) is 8.42 Å². The molecule has 2 rings (SSSR count). The highest BCUT2D eigenvalue weighted by Crippen LogP contribution is 2.28. The molecule has 0 saturated carbocycles. The largest absolute Gasteiger partial charge is 0.312 e. The molecule has 8 heteroatoms. The Kier molecular flexibility index (Phi) is 5.92. The minimum atomic E-state index is -3.57. The van der Waals surface area contributed by atoms with Crippen LogP contribution in [0.3, 0.4) is 0 Å². The Bertz CT molecular complexity index is 551. The standard InChI is InChI=1S/C11H14Cl2N2O2S.ClH/c1-8-7-15(5-4-14-8)18(16,17)11-6-9(12)2-3-10(11)13;/h2-3,6,8,14H,4-5,7H2,1H3;1H/t8-;/m0./s1. The summed E-state index contributed by atoms with van der Waals surface area (Å²) in [5.74, 6) is 0. The summed E-state index contributed by atoms with van der Waals surface area (Å²) in [6.45, 7) is 3.46. The fourth-order valence-corrected chi connectivity index (χ4v) is 4.20. The Morgan fingerprint density at radius 2 is 2.05 bits per heavy atom. The van der Waals surface area contributed by atoms with Crippen molar-refractivity contribution in [3.63, 3.8) is 0 Å². The van der Waals surface area contributed by atoms with E-state index in [0.717, 1.165) is 0 Å². The highest BCUT2D eigenvalue weighted by Gasteiger charge is 2.30. The van der Waals surface area contributed by atoms with E-state index in [0.29, 0.717) is 24.7 Å². The monoisotopic (exact) mass is 344 g/mol. The lowest BCUT2D eigenvalue weighted by atomic mass is 10.3. The number of hydrogen-bond donors (Lipinski definition) is 1. The third kappa shape index (κ3) is 3.74. The van der Waals surface area contributed by atoms with E-state index in [4.69, 9.17) is 23.2 Å². The van der Waals surface area contributed by atoms with Crippen molar-refractivity contribution in [1.29, 1.82) is 0 Å². The quantitative estimate of drug-likeness (QED) is 0.895. The molecule has 0 spiro atoms. The number of sulfonamides is 1. The van der Waals surface area contributed by atoms with Gasteiger partial charge in [0, 0.05) is 30.7 Å². The molecule has 19 heavy (non-hydrogen) atoms. The number of halogens is 3. The van der Waals surface area contributed by atoms with Crippen molar-refractivity contribution in [3.05, 3.63) is 28.2 Å². The topological polar surface area (TPSA) is 49.4 Å². The summed E-state index contributed by atoms with van der Waals surface area (Å²) in [5.41, 5.74) is 0. The van der Waals surface area contributed by atoms with E-state index in [1.54, 1.807) is 6.07 Å². The molecular formula is C11H15Cl3N2O2S. The zero-order valence-corrected chi connectivity index (χ0v) is 13.4. The zero-order valence-electron chi connectivity index (χ0n) is 10.3. The maximum atomic E-state index is 12.5. The Morgan fingerprint density at radius 3 is 2.68 bits per heavy atom. The first-order valence-corrected chi connectivity index (χ1v) is 7.79. The van der Waals surface area contributed by atoms with Crippen LogP contribution in [0.15, 0.2) is 23.1 Å². The van der Waals surface area contributed by atoms with Crippen LogP contribution in [0.4, 0.5) is 0 Å². The number of rotatable bonds is 2. The Labute approximate surface area is 129 Å². The molecule has 1 aliphatic rings. The molecule has 0 unspecified atom stereocenters. The van der Waals surface area contributed by atoms with E-state index in [1.165, 1.54) is 16.4 Å². The number of benzene rings is 1. The van der Waals surface area contributed by atoms with Crippen molar-refractivity contribution < 1.29 is 8.42 Å². The molecule has 0 radical (unpaired) electrons. The second kappa shape index (κ2) is 6.61. The number of nitrogens with zero attached hydrogens (tertiary/aromatic N) is 1. The van der Waals surface area contributed by atoms with E-state index < -0.39 is 10.0 Å². The van der Waals surface area contributed by atoms with E-state index >= 15 is 0 Å². The minimum absolute atomic E-state index is 0. The first-order valence-electron chi connectivity index (χ1n) is 5.60. The summed E-state index contributed by atoms with van der Waals surface area (Å²) in [5, 5.41) is 3.76. The van der Waals surface area contributed by atoms with Crippen molar-refractivity contribution >= 4 is 45.6 Å². The molecule has 1 heterocycles. The van der Waals surface area contributed by atoms with Gasteiger partial charge in [-0.1, -0.05) is 23.2 Å². The molecule has 1 aliphatic heterocycles. The highest BCUT2D eigenvalue weighted by atomic mass is 35.5. The van der Waals surface area contributed by atoms with E-state index in [2.05, 4.69) is 5.32 Å². The Hall–Kier alpha value is -0.0400. The SMILES string of the molecule is C[C@H]1CN(S(=O)(=O)c2cc(Cl)ccc2Cl)CCN1.Cl. The number of nitrogens with one attached hydrogen (secondary N) is 1. The molecular weight excluding hydrogens is 331 g/mol. The summed E-state index contributed by atoms with van der Waals surface area (Å²) in [6.07, 6.45) is 0. The Morgan fingerprint density at radius 1 is 1.37 bits per heavy atom. The van der Waals surface area contributed by atoms with Gasteiger partial charge in [-0.3, -0.25) is 0 Å². The third-order valence-electron chi connectivity index (χ3n) is 2.84. The summed E-state index contributed by atoms with van der Waals surface area (Å²) >= 11 is 11.8. The van der Waals surface area contributed by atoms with Crippen LogP contribution in [0.25, 0.3) is 0 Å². The molecule has 0 amide bonds. The average Bonchev–Trinajstić information content (AvgIpc) is 2.32. The molecule has 0 aromatic heterocycles. The molecule has 0 aliphatic carbocycles. The molecule has 0 bridgehead atoms. The first-order chi connectivity index (χ1) is 8.41. The van der Waals surface area contributed by atoms with Crippen molar-refractivity contribution in [2.24, 2.45) is 0 Å². The van der Waals surface area contributed by atoms with Gasteiger partial charge in [0.15, 0.2) is 0 Å². The van der Waals surface area contributed by atoms with Gasteiger partial charge in [0.25, 0.3) is 0 Å². The van der Waals surface area contributed by atoms with Crippen molar-refractivity contribution in [1.82, 2.24) is 9.62 Å². The lowest BCUT2D eigenvalue weighted by Crippen LogP contribution is -2.51. The van der Waals surface area contributed by atoms with Crippen LogP contribution < -0.4 is 5.32 Å². The van der Waals surface area contributed by atoms with Crippen LogP contribution in [0.1, 0.15) is 6.92 Å². The van der Waals surface area contributed by atoms with Gasteiger partial charge < -0.3 is 5.32 Å². The molecule has 1 fully saturated rings. The molecule has 1 aromatic carbocycles. The highest BCUT2D eigenvalue weighted by molar-refractivity contribution is 7.89. The van der Waals surface area contributed by atoms with Crippen LogP contribution in [-0.2, 0) is 10.0 Å². The molecule has 1 aromatic rings. The van der Waals surface area contributed by atoms with Crippen LogP contribution in [0, 0.1) is 0 Å². The fraction of sp³-hybridized carbons (Fsp3) is 0.455. The normalized spacial score (nSPS) is 20.9. The maximum absolute atomic E-state index is 12.5. The van der Waals surface area contributed by atoms with Crippen LogP contribution in [0.2, 0.25) is 10.0 Å². The molecule has 4 nitrogen and oxygen atoms in total. The van der Waals surface area contributed by atoms with Gasteiger partial charge in [-0.15, -0.1) is 12.4 Å². The second-order valence-corrected chi connectivity index (χ2v) is 7.04. The summed E-state index contributed by atoms with van der Waals surface area (Å²) < 4.78 is 26.4. The lowest BCUT2D eigenvalue weighted by molar-refractivity contribution is 0.310.